The number of hydrogen-bond acceptors (Lipinski definition) is 6. The molecule has 36 heavy (non-hydrogen) atoms. The molecule has 1 aliphatic carbocycles. The van der Waals surface area contributed by atoms with Crippen LogP contribution in [-0.4, -0.2) is 94.7 Å². The Labute approximate surface area is 215 Å². The Morgan fingerprint density at radius 2 is 1.75 bits per heavy atom. The number of urea groups is 1. The molecule has 1 unspecified atom stereocenters. The van der Waals surface area contributed by atoms with Gasteiger partial charge in [-0.05, 0) is 65.2 Å². The molecule has 0 aromatic carbocycles. The molecule has 3 amide bonds. The second-order valence-corrected chi connectivity index (χ2v) is 10.8. The number of unbranched alkanes of at least 4 members (excludes halogenated alkanes) is 1. The van der Waals surface area contributed by atoms with Gasteiger partial charge < -0.3 is 34.8 Å². The van der Waals surface area contributed by atoms with E-state index in [1.165, 1.54) is 4.90 Å². The Balaban J connectivity index is 0.000000297. The van der Waals surface area contributed by atoms with E-state index in [0.29, 0.717) is 39.2 Å². The van der Waals surface area contributed by atoms with Gasteiger partial charge in [0, 0.05) is 32.8 Å². The van der Waals surface area contributed by atoms with E-state index >= 15 is 0 Å². The maximum atomic E-state index is 12.3. The first-order valence-corrected chi connectivity index (χ1v) is 13.2. The van der Waals surface area contributed by atoms with Crippen molar-refractivity contribution in [2.45, 2.75) is 96.0 Å². The fraction of sp³-hybridized carbons (Fsp3) is 0.808. The van der Waals surface area contributed by atoms with Gasteiger partial charge in [-0.3, -0.25) is 0 Å². The molecular weight excluding hydrogens is 466 g/mol. The van der Waals surface area contributed by atoms with Crippen molar-refractivity contribution in [3.05, 3.63) is 12.7 Å². The van der Waals surface area contributed by atoms with Gasteiger partial charge in [0.15, 0.2) is 0 Å². The van der Waals surface area contributed by atoms with Gasteiger partial charge in [-0.15, -0.1) is 6.58 Å². The predicted molar refractivity (Wildman–Crippen MR) is 136 cm³/mol. The summed E-state index contributed by atoms with van der Waals surface area (Å²) < 4.78 is 10.9. The topological polar surface area (TPSA) is 129 Å². The standard InChI is InChI=1S/C17H28N2O4.C9H17NO3/c1-2-3-6-11-23-14-9-10-19(12-14)17(22)18-15(16(20)21)13-7-4-5-8-13;1-9(2,3)13-8(12)10-5-4-7(11)6-10/h2,13-15H,1,3-12H2,(H,18,22)(H,20,21);7,11H,4-6H2,1-3H3/t14-,15?;7-/m11/s1. The summed E-state index contributed by atoms with van der Waals surface area (Å²) in [6, 6.07) is -1.04. The number of carbonyl (C=O) groups is 3. The quantitative estimate of drug-likeness (QED) is 0.337. The number of carboxylic acid groups (broad SMARTS) is 1. The summed E-state index contributed by atoms with van der Waals surface area (Å²) in [5.74, 6) is -0.869. The minimum Gasteiger partial charge on any atom is -0.480 e. The molecule has 3 rings (SSSR count). The number of likely N-dealkylation sites (tertiary alicyclic amines) is 2. The number of β-amino-alcohol motifs (C(OH)–C–C–N with tert-alkyl or cyclic N) is 1. The van der Waals surface area contributed by atoms with Crippen LogP contribution in [0, 0.1) is 5.92 Å². The van der Waals surface area contributed by atoms with Crippen molar-refractivity contribution in [1.29, 1.82) is 0 Å². The highest BCUT2D eigenvalue weighted by atomic mass is 16.6. The van der Waals surface area contributed by atoms with Crippen LogP contribution < -0.4 is 5.32 Å². The zero-order valence-corrected chi connectivity index (χ0v) is 22.1. The minimum atomic E-state index is -0.929. The molecule has 2 heterocycles. The van der Waals surface area contributed by atoms with Crippen LogP contribution >= 0.6 is 0 Å². The zero-order valence-electron chi connectivity index (χ0n) is 22.1. The lowest BCUT2D eigenvalue weighted by atomic mass is 9.98. The molecule has 3 atom stereocenters. The number of nitrogens with zero attached hydrogens (tertiary/aromatic N) is 2. The van der Waals surface area contributed by atoms with Gasteiger partial charge in [-0.25, -0.2) is 14.4 Å². The van der Waals surface area contributed by atoms with Gasteiger partial charge in [0.05, 0.1) is 12.2 Å². The molecule has 3 aliphatic rings. The molecular formula is C26H45N3O7. The third kappa shape index (κ3) is 10.3. The molecule has 2 aliphatic heterocycles. The van der Waals surface area contributed by atoms with Crippen molar-refractivity contribution in [3.63, 3.8) is 0 Å². The van der Waals surface area contributed by atoms with Crippen LogP contribution in [0.3, 0.4) is 0 Å². The van der Waals surface area contributed by atoms with E-state index in [1.807, 2.05) is 26.8 Å². The number of carbonyl (C=O) groups excluding carboxylic acids is 2. The lowest BCUT2D eigenvalue weighted by Crippen LogP contribution is -2.50. The Bertz CT molecular complexity index is 734. The van der Waals surface area contributed by atoms with Crippen molar-refractivity contribution < 1.29 is 34.1 Å². The number of rotatable bonds is 8. The molecule has 0 radical (unpaired) electrons. The highest BCUT2D eigenvalue weighted by Crippen LogP contribution is 2.28. The Hall–Kier alpha value is -2.33. The van der Waals surface area contributed by atoms with Gasteiger partial charge in [-0.2, -0.15) is 0 Å². The molecule has 2 saturated heterocycles. The molecule has 0 spiro atoms. The fourth-order valence-electron chi connectivity index (χ4n) is 4.66. The van der Waals surface area contributed by atoms with Crippen molar-refractivity contribution in [3.8, 4) is 0 Å². The lowest BCUT2D eigenvalue weighted by Gasteiger charge is -2.24. The number of carboxylic acids is 1. The molecule has 206 valence electrons. The molecule has 0 aromatic rings. The van der Waals surface area contributed by atoms with Crippen LogP contribution in [0.4, 0.5) is 9.59 Å². The van der Waals surface area contributed by atoms with Crippen LogP contribution in [0.5, 0.6) is 0 Å². The summed E-state index contributed by atoms with van der Waals surface area (Å²) in [6.07, 6.45) is 8.40. The van der Waals surface area contributed by atoms with Crippen LogP contribution in [0.15, 0.2) is 12.7 Å². The van der Waals surface area contributed by atoms with E-state index in [0.717, 1.165) is 44.9 Å². The largest absolute Gasteiger partial charge is 0.480 e. The first-order chi connectivity index (χ1) is 17.0. The SMILES string of the molecule is C=CCCCO[C@@H]1CCN(C(=O)NC(C(=O)O)C2CCCC2)C1.CC(C)(C)OC(=O)N1CC[C@@H](O)C1. The summed E-state index contributed by atoms with van der Waals surface area (Å²) in [5.41, 5.74) is -0.454. The minimum absolute atomic E-state index is 0.0559. The molecule has 3 N–H and O–H groups in total. The van der Waals surface area contributed by atoms with Crippen LogP contribution in [0.2, 0.25) is 0 Å². The molecule has 3 fully saturated rings. The van der Waals surface area contributed by atoms with Crippen LogP contribution in [0.25, 0.3) is 0 Å². The van der Waals surface area contributed by atoms with Gasteiger partial charge in [0.25, 0.3) is 0 Å². The van der Waals surface area contributed by atoms with Crippen LogP contribution in [0.1, 0.15) is 72.1 Å². The van der Waals surface area contributed by atoms with Gasteiger partial charge in [0.2, 0.25) is 0 Å². The second kappa shape index (κ2) is 14.4. The summed E-state index contributed by atoms with van der Waals surface area (Å²) >= 11 is 0. The highest BCUT2D eigenvalue weighted by Gasteiger charge is 2.35. The Kier molecular flexibility index (Phi) is 12.0. The van der Waals surface area contributed by atoms with E-state index in [4.69, 9.17) is 9.47 Å². The fourth-order valence-corrected chi connectivity index (χ4v) is 4.66. The van der Waals surface area contributed by atoms with Crippen molar-refractivity contribution in [2.24, 2.45) is 5.92 Å². The number of aliphatic carboxylic acids is 1. The second-order valence-electron chi connectivity index (χ2n) is 10.8. The number of hydrogen-bond donors (Lipinski definition) is 3. The van der Waals surface area contributed by atoms with E-state index < -0.39 is 17.6 Å². The maximum absolute atomic E-state index is 12.3. The predicted octanol–water partition coefficient (Wildman–Crippen LogP) is 3.38. The summed E-state index contributed by atoms with van der Waals surface area (Å²) in [4.78, 5) is 38.4. The number of aliphatic hydroxyl groups is 1. The number of allylic oxidation sites excluding steroid dienone is 1. The summed E-state index contributed by atoms with van der Waals surface area (Å²) in [5, 5.41) is 21.3. The lowest BCUT2D eigenvalue weighted by molar-refractivity contribution is -0.140. The molecule has 10 nitrogen and oxygen atoms in total. The smallest absolute Gasteiger partial charge is 0.410 e. The van der Waals surface area contributed by atoms with Crippen LogP contribution in [-0.2, 0) is 14.3 Å². The summed E-state index contributed by atoms with van der Waals surface area (Å²) in [6.45, 7) is 12.0. The van der Waals surface area contributed by atoms with Gasteiger partial charge in [0.1, 0.15) is 11.6 Å². The van der Waals surface area contributed by atoms with Gasteiger partial charge >= 0.3 is 18.1 Å². The Morgan fingerprint density at radius 1 is 1.08 bits per heavy atom. The third-order valence-corrected chi connectivity index (χ3v) is 6.57. The van der Waals surface area contributed by atoms with Crippen molar-refractivity contribution in [2.75, 3.05) is 32.8 Å². The number of amides is 3. The first kappa shape index (κ1) is 29.9. The van der Waals surface area contributed by atoms with E-state index in [2.05, 4.69) is 11.9 Å². The van der Waals surface area contributed by atoms with Gasteiger partial charge in [-0.1, -0.05) is 18.9 Å². The number of ether oxygens (including phenoxy) is 2. The number of nitrogens with one attached hydrogen (secondary N) is 1. The normalized spacial score (nSPS) is 23.1. The third-order valence-electron chi connectivity index (χ3n) is 6.57. The van der Waals surface area contributed by atoms with Crippen molar-refractivity contribution >= 4 is 18.1 Å². The number of aliphatic hydroxyl groups excluding tert-OH is 1. The molecule has 0 aromatic heterocycles. The monoisotopic (exact) mass is 511 g/mol. The average molecular weight is 512 g/mol. The molecule has 10 heteroatoms. The van der Waals surface area contributed by atoms with E-state index in [9.17, 15) is 24.6 Å². The van der Waals surface area contributed by atoms with E-state index in [1.54, 1.807) is 4.90 Å². The average Bonchev–Trinajstić information content (AvgIpc) is 3.56. The Morgan fingerprint density at radius 3 is 2.31 bits per heavy atom. The zero-order chi connectivity index (χ0) is 26.7. The van der Waals surface area contributed by atoms with E-state index in [-0.39, 0.29) is 30.3 Å². The molecule has 1 saturated carbocycles. The maximum Gasteiger partial charge on any atom is 0.410 e. The van der Waals surface area contributed by atoms with Crippen molar-refractivity contribution in [1.82, 2.24) is 15.1 Å². The highest BCUT2D eigenvalue weighted by molar-refractivity contribution is 5.83. The molecule has 0 bridgehead atoms. The first-order valence-electron chi connectivity index (χ1n) is 13.2. The summed E-state index contributed by atoms with van der Waals surface area (Å²) in [7, 11) is 0.